The molecule has 4 N–H and O–H groups in total. The minimum atomic E-state index is -1.02. The zero-order valence-corrected chi connectivity index (χ0v) is 12.0. The molecule has 0 saturated heterocycles. The lowest BCUT2D eigenvalue weighted by molar-refractivity contribution is -0.126. The molecule has 0 heterocycles. The van der Waals surface area contributed by atoms with E-state index in [0.717, 1.165) is 24.8 Å². The van der Waals surface area contributed by atoms with Gasteiger partial charge in [0.15, 0.2) is 0 Å². The van der Waals surface area contributed by atoms with Crippen LogP contribution < -0.4 is 11.1 Å². The predicted octanol–water partition coefficient (Wildman–Crippen LogP) is 1.39. The fourth-order valence-corrected chi connectivity index (χ4v) is 2.95. The Hall–Kier alpha value is -1.39. The van der Waals surface area contributed by atoms with Crippen LogP contribution in [0.15, 0.2) is 30.3 Å². The normalized spacial score (nSPS) is 25.1. The Balaban J connectivity index is 1.94. The summed E-state index contributed by atoms with van der Waals surface area (Å²) in [6, 6.07) is 9.40. The molecule has 20 heavy (non-hydrogen) atoms. The zero-order chi connectivity index (χ0) is 14.6. The van der Waals surface area contributed by atoms with E-state index in [9.17, 15) is 9.90 Å². The molecule has 0 aliphatic heterocycles. The van der Waals surface area contributed by atoms with Crippen LogP contribution in [0.3, 0.4) is 0 Å². The summed E-state index contributed by atoms with van der Waals surface area (Å²) in [5.41, 5.74) is 5.96. The number of carbonyl (C=O) groups is 1. The topological polar surface area (TPSA) is 75.4 Å². The summed E-state index contributed by atoms with van der Waals surface area (Å²) in [7, 11) is 0. The van der Waals surface area contributed by atoms with Crippen molar-refractivity contribution in [3.63, 3.8) is 0 Å². The van der Waals surface area contributed by atoms with Gasteiger partial charge in [0.2, 0.25) is 5.91 Å². The van der Waals surface area contributed by atoms with Crippen molar-refractivity contribution in [1.29, 1.82) is 0 Å². The molecule has 1 saturated carbocycles. The Morgan fingerprint density at radius 1 is 1.35 bits per heavy atom. The monoisotopic (exact) mass is 276 g/mol. The van der Waals surface area contributed by atoms with Gasteiger partial charge in [-0.2, -0.15) is 0 Å². The van der Waals surface area contributed by atoms with E-state index >= 15 is 0 Å². The van der Waals surface area contributed by atoms with E-state index in [0.29, 0.717) is 18.4 Å². The van der Waals surface area contributed by atoms with Gasteiger partial charge in [0, 0.05) is 13.2 Å². The van der Waals surface area contributed by atoms with Crippen molar-refractivity contribution in [2.45, 2.75) is 31.7 Å². The zero-order valence-electron chi connectivity index (χ0n) is 12.0. The lowest BCUT2D eigenvalue weighted by Gasteiger charge is -2.26. The molecule has 4 heteroatoms. The Labute approximate surface area is 120 Å². The summed E-state index contributed by atoms with van der Waals surface area (Å²) in [5.74, 6) is 0.527. The number of hydrogen-bond acceptors (Lipinski definition) is 3. The number of rotatable bonds is 5. The third-order valence-corrected chi connectivity index (χ3v) is 4.42. The molecule has 110 valence electrons. The van der Waals surface area contributed by atoms with E-state index in [1.54, 1.807) is 6.92 Å². The smallest absolute Gasteiger partial charge is 0.244 e. The second kappa shape index (κ2) is 6.37. The molecular formula is C16H24N2O2. The number of hydrogen-bond donors (Lipinski definition) is 3. The van der Waals surface area contributed by atoms with Crippen molar-refractivity contribution < 1.29 is 9.90 Å². The highest BCUT2D eigenvalue weighted by atomic mass is 16.3. The molecule has 0 radical (unpaired) electrons. The van der Waals surface area contributed by atoms with Crippen LogP contribution in [-0.2, 0) is 10.3 Å². The molecule has 0 spiro atoms. The Morgan fingerprint density at radius 3 is 2.65 bits per heavy atom. The second-order valence-electron chi connectivity index (χ2n) is 5.91. The molecule has 1 aliphatic carbocycles. The fraction of sp³-hybridized carbons (Fsp3) is 0.562. The summed E-state index contributed by atoms with van der Waals surface area (Å²) in [6.07, 6.45) is 3.25. The largest absolute Gasteiger partial charge is 0.396 e. The standard InChI is InChI=1S/C16H24N2O2/c1-16(17,14-8-3-2-4-9-14)15(20)18-10-12-6-5-7-13(12)11-19/h2-4,8-9,12-13,19H,5-7,10-11,17H2,1H3,(H,18,20). The second-order valence-corrected chi connectivity index (χ2v) is 5.91. The van der Waals surface area contributed by atoms with Gasteiger partial charge < -0.3 is 16.2 Å². The minimum Gasteiger partial charge on any atom is -0.396 e. The Kier molecular flexibility index (Phi) is 4.78. The minimum absolute atomic E-state index is 0.160. The molecule has 1 amide bonds. The third-order valence-electron chi connectivity index (χ3n) is 4.42. The fourth-order valence-electron chi connectivity index (χ4n) is 2.95. The molecular weight excluding hydrogens is 252 g/mol. The Bertz CT molecular complexity index is 445. The quantitative estimate of drug-likeness (QED) is 0.760. The van der Waals surface area contributed by atoms with E-state index in [2.05, 4.69) is 5.32 Å². The predicted molar refractivity (Wildman–Crippen MR) is 78.9 cm³/mol. The van der Waals surface area contributed by atoms with Crippen LogP contribution in [0, 0.1) is 11.8 Å². The van der Waals surface area contributed by atoms with Gasteiger partial charge in [0.05, 0.1) is 0 Å². The number of carbonyl (C=O) groups excluding carboxylic acids is 1. The van der Waals surface area contributed by atoms with Crippen LogP contribution in [0.25, 0.3) is 0 Å². The van der Waals surface area contributed by atoms with Crippen molar-refractivity contribution >= 4 is 5.91 Å². The maximum atomic E-state index is 12.3. The number of benzene rings is 1. The number of nitrogens with one attached hydrogen (secondary N) is 1. The van der Waals surface area contributed by atoms with Crippen LogP contribution >= 0.6 is 0 Å². The van der Waals surface area contributed by atoms with Gasteiger partial charge in [0.25, 0.3) is 0 Å². The van der Waals surface area contributed by atoms with E-state index in [-0.39, 0.29) is 12.5 Å². The average molecular weight is 276 g/mol. The van der Waals surface area contributed by atoms with Crippen LogP contribution in [0.2, 0.25) is 0 Å². The van der Waals surface area contributed by atoms with E-state index in [1.165, 1.54) is 0 Å². The maximum absolute atomic E-state index is 12.3. The number of amides is 1. The van der Waals surface area contributed by atoms with Gasteiger partial charge in [-0.3, -0.25) is 4.79 Å². The molecule has 1 aromatic rings. The van der Waals surface area contributed by atoms with Gasteiger partial charge in [-0.1, -0.05) is 36.8 Å². The van der Waals surface area contributed by atoms with Gasteiger partial charge in [0.1, 0.15) is 5.54 Å². The van der Waals surface area contributed by atoms with Crippen molar-refractivity contribution in [3.8, 4) is 0 Å². The molecule has 3 atom stereocenters. The first-order chi connectivity index (χ1) is 9.55. The number of aliphatic hydroxyl groups is 1. The highest BCUT2D eigenvalue weighted by Gasteiger charge is 2.32. The van der Waals surface area contributed by atoms with Crippen molar-refractivity contribution in [2.24, 2.45) is 17.6 Å². The SMILES string of the molecule is CC(N)(C(=O)NCC1CCCC1CO)c1ccccc1. The summed E-state index contributed by atoms with van der Waals surface area (Å²) in [4.78, 5) is 12.3. The maximum Gasteiger partial charge on any atom is 0.244 e. The first-order valence-electron chi connectivity index (χ1n) is 7.29. The van der Waals surface area contributed by atoms with Crippen LogP contribution in [-0.4, -0.2) is 24.2 Å². The first-order valence-corrected chi connectivity index (χ1v) is 7.29. The number of nitrogens with two attached hydrogens (primary N) is 1. The van der Waals surface area contributed by atoms with Crippen molar-refractivity contribution in [3.05, 3.63) is 35.9 Å². The van der Waals surface area contributed by atoms with E-state index < -0.39 is 5.54 Å². The first kappa shape index (κ1) is 15.0. The van der Waals surface area contributed by atoms with Crippen molar-refractivity contribution in [2.75, 3.05) is 13.2 Å². The third kappa shape index (κ3) is 3.19. The summed E-state index contributed by atoms with van der Waals surface area (Å²) >= 11 is 0. The Morgan fingerprint density at radius 2 is 2.00 bits per heavy atom. The molecule has 1 aliphatic rings. The molecule has 4 nitrogen and oxygen atoms in total. The lowest BCUT2D eigenvalue weighted by atomic mass is 9.91. The van der Waals surface area contributed by atoms with Gasteiger partial charge >= 0.3 is 0 Å². The van der Waals surface area contributed by atoms with Crippen LogP contribution in [0.4, 0.5) is 0 Å². The molecule has 3 unspecified atom stereocenters. The molecule has 1 aromatic carbocycles. The summed E-state index contributed by atoms with van der Waals surface area (Å²) < 4.78 is 0. The van der Waals surface area contributed by atoms with Gasteiger partial charge in [-0.25, -0.2) is 0 Å². The molecule has 0 bridgehead atoms. The molecule has 2 rings (SSSR count). The number of aliphatic hydroxyl groups excluding tert-OH is 1. The van der Waals surface area contributed by atoms with E-state index in [1.807, 2.05) is 30.3 Å². The molecule has 1 fully saturated rings. The van der Waals surface area contributed by atoms with Gasteiger partial charge in [-0.05, 0) is 37.2 Å². The lowest BCUT2D eigenvalue weighted by Crippen LogP contribution is -2.50. The van der Waals surface area contributed by atoms with Gasteiger partial charge in [-0.15, -0.1) is 0 Å². The highest BCUT2D eigenvalue weighted by Crippen LogP contribution is 2.30. The van der Waals surface area contributed by atoms with E-state index in [4.69, 9.17) is 5.73 Å². The van der Waals surface area contributed by atoms with Crippen molar-refractivity contribution in [1.82, 2.24) is 5.32 Å². The summed E-state index contributed by atoms with van der Waals surface area (Å²) in [6.45, 7) is 2.54. The molecule has 0 aromatic heterocycles. The highest BCUT2D eigenvalue weighted by molar-refractivity contribution is 5.86. The summed E-state index contributed by atoms with van der Waals surface area (Å²) in [5, 5.41) is 12.3. The average Bonchev–Trinajstić information content (AvgIpc) is 2.93. The van der Waals surface area contributed by atoms with Crippen LogP contribution in [0.1, 0.15) is 31.7 Å². The van der Waals surface area contributed by atoms with Crippen LogP contribution in [0.5, 0.6) is 0 Å².